The van der Waals surface area contributed by atoms with Gasteiger partial charge in [0.25, 0.3) is 5.91 Å². The lowest BCUT2D eigenvalue weighted by atomic mass is 10.1. The maximum atomic E-state index is 12.5. The van der Waals surface area contributed by atoms with Crippen molar-refractivity contribution in [2.45, 2.75) is 20.3 Å². The zero-order valence-electron chi connectivity index (χ0n) is 15.9. The number of rotatable bonds is 9. The molecule has 0 aliphatic carbocycles. The van der Waals surface area contributed by atoms with E-state index in [-0.39, 0.29) is 5.91 Å². The number of anilines is 1. The number of benzene rings is 2. The van der Waals surface area contributed by atoms with Crippen molar-refractivity contribution in [2.24, 2.45) is 0 Å². The van der Waals surface area contributed by atoms with Crippen molar-refractivity contribution in [3.05, 3.63) is 72.1 Å². The Morgan fingerprint density at radius 2 is 1.86 bits per heavy atom. The summed E-state index contributed by atoms with van der Waals surface area (Å²) in [6, 6.07) is 14.8. The Kier molecular flexibility index (Phi) is 6.64. The van der Waals surface area contributed by atoms with Crippen LogP contribution in [0.3, 0.4) is 0 Å². The molecular formula is C21H23N3O4. The molecule has 0 atom stereocenters. The molecule has 28 heavy (non-hydrogen) atoms. The molecule has 1 amide bonds. The van der Waals surface area contributed by atoms with Gasteiger partial charge in [0.05, 0.1) is 24.7 Å². The number of nitrogens with zero attached hydrogens (tertiary/aromatic N) is 2. The minimum Gasteiger partial charge on any atom is -0.494 e. The molecule has 2 aromatic carbocycles. The van der Waals surface area contributed by atoms with Crippen molar-refractivity contribution < 1.29 is 19.0 Å². The summed E-state index contributed by atoms with van der Waals surface area (Å²) in [7, 11) is 1.58. The molecule has 0 unspecified atom stereocenters. The maximum Gasteiger partial charge on any atom is 0.255 e. The Hall–Kier alpha value is -3.32. The van der Waals surface area contributed by atoms with Crippen molar-refractivity contribution in [2.75, 3.05) is 19.0 Å². The summed E-state index contributed by atoms with van der Waals surface area (Å²) in [5.74, 6) is 1.34. The van der Waals surface area contributed by atoms with E-state index < -0.39 is 0 Å². The van der Waals surface area contributed by atoms with Gasteiger partial charge in [0.1, 0.15) is 24.8 Å². The normalized spacial score (nSPS) is 10.5. The van der Waals surface area contributed by atoms with Crippen LogP contribution in [0, 0.1) is 0 Å². The van der Waals surface area contributed by atoms with Crippen LogP contribution < -0.4 is 14.8 Å². The summed E-state index contributed by atoms with van der Waals surface area (Å²) < 4.78 is 17.8. The molecule has 0 fully saturated rings. The fraction of sp³-hybridized carbons (Fsp3) is 0.238. The van der Waals surface area contributed by atoms with E-state index in [1.807, 2.05) is 49.4 Å². The molecule has 7 nitrogen and oxygen atoms in total. The number of amides is 1. The van der Waals surface area contributed by atoms with Crippen LogP contribution >= 0.6 is 0 Å². The lowest BCUT2D eigenvalue weighted by Gasteiger charge is -2.09. The Balaban J connectivity index is 1.58. The number of aromatic nitrogens is 2. The van der Waals surface area contributed by atoms with Crippen molar-refractivity contribution in [3.63, 3.8) is 0 Å². The summed E-state index contributed by atoms with van der Waals surface area (Å²) in [5.41, 5.74) is 2.06. The number of carbonyl (C=O) groups excluding carboxylic acids is 1. The molecule has 0 aliphatic heterocycles. The standard InChI is InChI=1S/C21H23N3O4/c1-3-27-19-7-9-20(10-8-19)28-14-16-5-4-6-17(11-16)21(25)23-18-12-22-24(13-18)15-26-2/h4-13H,3,14-15H2,1-2H3,(H,23,25). The van der Waals surface area contributed by atoms with Gasteiger partial charge in [0.15, 0.2) is 0 Å². The number of hydrogen-bond acceptors (Lipinski definition) is 5. The predicted octanol–water partition coefficient (Wildman–Crippen LogP) is 3.72. The zero-order chi connectivity index (χ0) is 19.8. The first-order valence-corrected chi connectivity index (χ1v) is 8.95. The van der Waals surface area contributed by atoms with Crippen molar-refractivity contribution in [3.8, 4) is 11.5 Å². The molecular weight excluding hydrogens is 358 g/mol. The average molecular weight is 381 g/mol. The number of ether oxygens (including phenoxy) is 3. The van der Waals surface area contributed by atoms with Gasteiger partial charge in [-0.25, -0.2) is 4.68 Å². The third kappa shape index (κ3) is 5.34. The second kappa shape index (κ2) is 9.57. The predicted molar refractivity (Wildman–Crippen MR) is 106 cm³/mol. The Labute approximate surface area is 163 Å². The first-order valence-electron chi connectivity index (χ1n) is 8.95. The van der Waals surface area contributed by atoms with E-state index in [4.69, 9.17) is 14.2 Å². The van der Waals surface area contributed by atoms with Crippen LogP contribution in [0.1, 0.15) is 22.8 Å². The van der Waals surface area contributed by atoms with Crippen LogP contribution in [-0.4, -0.2) is 29.4 Å². The summed E-state index contributed by atoms with van der Waals surface area (Å²) in [6.45, 7) is 3.26. The molecule has 7 heteroatoms. The monoisotopic (exact) mass is 381 g/mol. The third-order valence-corrected chi connectivity index (χ3v) is 3.88. The van der Waals surface area contributed by atoms with E-state index in [0.29, 0.717) is 31.2 Å². The molecule has 1 heterocycles. The molecule has 1 N–H and O–H groups in total. The maximum absolute atomic E-state index is 12.5. The van der Waals surface area contributed by atoms with Gasteiger partial charge in [-0.3, -0.25) is 4.79 Å². The fourth-order valence-electron chi connectivity index (χ4n) is 2.60. The largest absolute Gasteiger partial charge is 0.494 e. The van der Waals surface area contributed by atoms with Crippen LogP contribution in [0.4, 0.5) is 5.69 Å². The Morgan fingerprint density at radius 3 is 2.57 bits per heavy atom. The van der Waals surface area contributed by atoms with Crippen molar-refractivity contribution in [1.29, 1.82) is 0 Å². The molecule has 0 radical (unpaired) electrons. The summed E-state index contributed by atoms with van der Waals surface area (Å²) in [4.78, 5) is 12.5. The minimum atomic E-state index is -0.208. The molecule has 3 aromatic rings. The fourth-order valence-corrected chi connectivity index (χ4v) is 2.60. The van der Waals surface area contributed by atoms with Crippen LogP contribution in [0.25, 0.3) is 0 Å². The third-order valence-electron chi connectivity index (χ3n) is 3.88. The van der Waals surface area contributed by atoms with Crippen LogP contribution in [-0.2, 0) is 18.1 Å². The van der Waals surface area contributed by atoms with Crippen LogP contribution in [0.15, 0.2) is 60.9 Å². The molecule has 0 saturated heterocycles. The van der Waals surface area contributed by atoms with E-state index in [1.165, 1.54) is 0 Å². The second-order valence-electron chi connectivity index (χ2n) is 6.03. The molecule has 146 valence electrons. The van der Waals surface area contributed by atoms with Gasteiger partial charge in [-0.05, 0) is 48.9 Å². The summed E-state index contributed by atoms with van der Waals surface area (Å²) in [6.07, 6.45) is 3.29. The van der Waals surface area contributed by atoms with Crippen LogP contribution in [0.5, 0.6) is 11.5 Å². The molecule has 0 aliphatic rings. The lowest BCUT2D eigenvalue weighted by molar-refractivity contribution is 0.102. The van der Waals surface area contributed by atoms with Gasteiger partial charge in [0.2, 0.25) is 0 Å². The molecule has 0 saturated carbocycles. The minimum absolute atomic E-state index is 0.208. The molecule has 1 aromatic heterocycles. The number of methoxy groups -OCH3 is 1. The SMILES string of the molecule is CCOc1ccc(OCc2cccc(C(=O)Nc3cnn(COC)c3)c2)cc1. The van der Waals surface area contributed by atoms with Gasteiger partial charge >= 0.3 is 0 Å². The van der Waals surface area contributed by atoms with Crippen molar-refractivity contribution >= 4 is 11.6 Å². The first kappa shape index (κ1) is 19.4. The number of nitrogens with one attached hydrogen (secondary N) is 1. The van der Waals surface area contributed by atoms with Gasteiger partial charge in [-0.15, -0.1) is 0 Å². The average Bonchev–Trinajstić information content (AvgIpc) is 3.15. The quantitative estimate of drug-likeness (QED) is 0.611. The van der Waals surface area contributed by atoms with Gasteiger partial charge in [0, 0.05) is 12.7 Å². The van der Waals surface area contributed by atoms with Crippen molar-refractivity contribution in [1.82, 2.24) is 9.78 Å². The lowest BCUT2D eigenvalue weighted by Crippen LogP contribution is -2.12. The first-order chi connectivity index (χ1) is 13.7. The number of hydrogen-bond donors (Lipinski definition) is 1. The highest BCUT2D eigenvalue weighted by Gasteiger charge is 2.09. The molecule has 0 bridgehead atoms. The van der Waals surface area contributed by atoms with E-state index >= 15 is 0 Å². The molecule has 3 rings (SSSR count). The Morgan fingerprint density at radius 1 is 1.11 bits per heavy atom. The second-order valence-corrected chi connectivity index (χ2v) is 6.03. The highest BCUT2D eigenvalue weighted by molar-refractivity contribution is 6.04. The van der Waals surface area contributed by atoms with Gasteiger partial charge in [-0.2, -0.15) is 5.10 Å². The number of carbonyl (C=O) groups is 1. The zero-order valence-corrected chi connectivity index (χ0v) is 15.9. The van der Waals surface area contributed by atoms with Crippen LogP contribution in [0.2, 0.25) is 0 Å². The van der Waals surface area contributed by atoms with Gasteiger partial charge < -0.3 is 19.5 Å². The van der Waals surface area contributed by atoms with E-state index in [0.717, 1.165) is 17.1 Å². The highest BCUT2D eigenvalue weighted by atomic mass is 16.5. The smallest absolute Gasteiger partial charge is 0.255 e. The van der Waals surface area contributed by atoms with E-state index in [2.05, 4.69) is 10.4 Å². The molecule has 0 spiro atoms. The van der Waals surface area contributed by atoms with Gasteiger partial charge in [-0.1, -0.05) is 12.1 Å². The summed E-state index contributed by atoms with van der Waals surface area (Å²) >= 11 is 0. The summed E-state index contributed by atoms with van der Waals surface area (Å²) in [5, 5.41) is 6.92. The highest BCUT2D eigenvalue weighted by Crippen LogP contribution is 2.19. The topological polar surface area (TPSA) is 74.6 Å². The Bertz CT molecular complexity index is 906. The van der Waals surface area contributed by atoms with E-state index in [1.54, 1.807) is 30.3 Å². The van der Waals surface area contributed by atoms with E-state index in [9.17, 15) is 4.79 Å².